The maximum absolute atomic E-state index is 13.1. The number of amidine groups is 1. The predicted octanol–water partition coefficient (Wildman–Crippen LogP) is 2.72. The van der Waals surface area contributed by atoms with Crippen molar-refractivity contribution in [1.82, 2.24) is 4.98 Å². The Balaban J connectivity index is 2.46. The molecule has 0 saturated carbocycles. The van der Waals surface area contributed by atoms with Crippen LogP contribution in [0.15, 0.2) is 35.6 Å². The molecule has 20 heavy (non-hydrogen) atoms. The second kappa shape index (κ2) is 5.56. The van der Waals surface area contributed by atoms with Crippen molar-refractivity contribution in [3.63, 3.8) is 0 Å². The number of halogens is 1. The zero-order chi connectivity index (χ0) is 14.7. The summed E-state index contributed by atoms with van der Waals surface area (Å²) in [4.78, 5) is 4.08. The summed E-state index contributed by atoms with van der Waals surface area (Å²) in [5.41, 5.74) is 7.41. The third kappa shape index (κ3) is 2.69. The largest absolute Gasteiger partial charge is 0.438 e. The standard InChI is InChI=1S/C14H14FN3O2/c1-8-5-6-17-14(12(8)13(16)18-19)20-11-4-3-10(15)7-9(11)2/h3-7,19H,1-2H3,(H2,16,18). The summed E-state index contributed by atoms with van der Waals surface area (Å²) in [6.45, 7) is 3.51. The van der Waals surface area contributed by atoms with Crippen molar-refractivity contribution in [2.45, 2.75) is 13.8 Å². The lowest BCUT2D eigenvalue weighted by Gasteiger charge is -2.12. The molecule has 2 aromatic rings. The number of nitrogens with two attached hydrogens (primary N) is 1. The van der Waals surface area contributed by atoms with Crippen LogP contribution in [0.5, 0.6) is 11.6 Å². The van der Waals surface area contributed by atoms with Gasteiger partial charge in [-0.15, -0.1) is 0 Å². The quantitative estimate of drug-likeness (QED) is 0.390. The SMILES string of the molecule is Cc1cc(F)ccc1Oc1nccc(C)c1/C(N)=N/O. The first-order chi connectivity index (χ1) is 9.52. The first-order valence-electron chi connectivity index (χ1n) is 5.90. The van der Waals surface area contributed by atoms with Gasteiger partial charge in [0.25, 0.3) is 0 Å². The van der Waals surface area contributed by atoms with E-state index in [1.165, 1.54) is 18.2 Å². The average molecular weight is 275 g/mol. The molecule has 0 spiro atoms. The molecule has 1 heterocycles. The molecule has 0 saturated heterocycles. The van der Waals surface area contributed by atoms with Crippen molar-refractivity contribution in [3.8, 4) is 11.6 Å². The molecule has 5 nitrogen and oxygen atoms in total. The Morgan fingerprint density at radius 3 is 2.70 bits per heavy atom. The average Bonchev–Trinajstić information content (AvgIpc) is 2.41. The molecule has 3 N–H and O–H groups in total. The van der Waals surface area contributed by atoms with E-state index in [2.05, 4.69) is 10.1 Å². The van der Waals surface area contributed by atoms with E-state index in [1.807, 2.05) is 0 Å². The molecule has 0 aliphatic heterocycles. The molecule has 0 atom stereocenters. The second-order valence-electron chi connectivity index (χ2n) is 4.31. The fraction of sp³-hybridized carbons (Fsp3) is 0.143. The van der Waals surface area contributed by atoms with Crippen molar-refractivity contribution in [3.05, 3.63) is 53.0 Å². The smallest absolute Gasteiger partial charge is 0.230 e. The molecular formula is C14H14FN3O2. The number of aromatic nitrogens is 1. The van der Waals surface area contributed by atoms with Gasteiger partial charge in [0.1, 0.15) is 11.6 Å². The normalized spacial score (nSPS) is 11.4. The number of aryl methyl sites for hydroxylation is 2. The molecule has 0 amide bonds. The number of hydrogen-bond donors (Lipinski definition) is 2. The second-order valence-corrected chi connectivity index (χ2v) is 4.31. The van der Waals surface area contributed by atoms with Crippen LogP contribution in [0.4, 0.5) is 4.39 Å². The van der Waals surface area contributed by atoms with Gasteiger partial charge in [0.2, 0.25) is 5.88 Å². The molecule has 1 aromatic heterocycles. The summed E-state index contributed by atoms with van der Waals surface area (Å²) in [6, 6.07) is 5.87. The molecule has 0 radical (unpaired) electrons. The monoisotopic (exact) mass is 275 g/mol. The van der Waals surface area contributed by atoms with Crippen LogP contribution in [-0.2, 0) is 0 Å². The Kier molecular flexibility index (Phi) is 3.84. The molecule has 1 aromatic carbocycles. The van der Waals surface area contributed by atoms with Crippen LogP contribution in [0.2, 0.25) is 0 Å². The molecule has 0 fully saturated rings. The Labute approximate surface area is 115 Å². The zero-order valence-electron chi connectivity index (χ0n) is 11.1. The number of benzene rings is 1. The molecule has 0 unspecified atom stereocenters. The van der Waals surface area contributed by atoms with E-state index in [4.69, 9.17) is 15.7 Å². The minimum Gasteiger partial charge on any atom is -0.438 e. The molecule has 0 aliphatic rings. The first kappa shape index (κ1) is 13.8. The molecule has 0 aliphatic carbocycles. The first-order valence-corrected chi connectivity index (χ1v) is 5.90. The lowest BCUT2D eigenvalue weighted by atomic mass is 10.1. The Morgan fingerprint density at radius 2 is 2.05 bits per heavy atom. The number of nitrogens with zero attached hydrogens (tertiary/aromatic N) is 2. The Hall–Kier alpha value is -2.63. The molecule has 104 valence electrons. The van der Waals surface area contributed by atoms with E-state index in [-0.39, 0.29) is 17.5 Å². The number of hydrogen-bond acceptors (Lipinski definition) is 4. The van der Waals surface area contributed by atoms with Crippen LogP contribution in [0.1, 0.15) is 16.7 Å². The van der Waals surface area contributed by atoms with Gasteiger partial charge in [0, 0.05) is 6.20 Å². The highest BCUT2D eigenvalue weighted by molar-refractivity contribution is 6.00. The fourth-order valence-corrected chi connectivity index (χ4v) is 1.80. The maximum Gasteiger partial charge on any atom is 0.230 e. The maximum atomic E-state index is 13.1. The summed E-state index contributed by atoms with van der Waals surface area (Å²) in [6.07, 6.45) is 1.55. The van der Waals surface area contributed by atoms with Crippen LogP contribution in [0, 0.1) is 19.7 Å². The van der Waals surface area contributed by atoms with Crippen molar-refractivity contribution in [2.24, 2.45) is 10.9 Å². The Morgan fingerprint density at radius 1 is 1.30 bits per heavy atom. The minimum atomic E-state index is -0.344. The fourth-order valence-electron chi connectivity index (χ4n) is 1.80. The van der Waals surface area contributed by atoms with Crippen molar-refractivity contribution in [1.29, 1.82) is 0 Å². The third-order valence-corrected chi connectivity index (χ3v) is 2.83. The topological polar surface area (TPSA) is 80.7 Å². The van der Waals surface area contributed by atoms with Crippen LogP contribution < -0.4 is 10.5 Å². The highest BCUT2D eigenvalue weighted by Gasteiger charge is 2.14. The van der Waals surface area contributed by atoms with Crippen LogP contribution in [-0.4, -0.2) is 16.0 Å². The number of pyridine rings is 1. The van der Waals surface area contributed by atoms with Gasteiger partial charge in [-0.25, -0.2) is 9.37 Å². The molecule has 2 rings (SSSR count). The van der Waals surface area contributed by atoms with E-state index in [1.54, 1.807) is 26.1 Å². The number of ether oxygens (including phenoxy) is 1. The van der Waals surface area contributed by atoms with Crippen molar-refractivity contribution >= 4 is 5.84 Å². The summed E-state index contributed by atoms with van der Waals surface area (Å²) >= 11 is 0. The summed E-state index contributed by atoms with van der Waals surface area (Å²) in [7, 11) is 0. The molecule has 0 bridgehead atoms. The van der Waals surface area contributed by atoms with E-state index < -0.39 is 0 Å². The third-order valence-electron chi connectivity index (χ3n) is 2.83. The lowest BCUT2D eigenvalue weighted by molar-refractivity contribution is 0.318. The minimum absolute atomic E-state index is 0.0923. The van der Waals surface area contributed by atoms with Gasteiger partial charge in [-0.2, -0.15) is 0 Å². The van der Waals surface area contributed by atoms with Gasteiger partial charge < -0.3 is 15.7 Å². The number of oxime groups is 1. The zero-order valence-corrected chi connectivity index (χ0v) is 11.1. The van der Waals surface area contributed by atoms with Gasteiger partial charge in [0.05, 0.1) is 5.56 Å². The highest BCUT2D eigenvalue weighted by Crippen LogP contribution is 2.27. The van der Waals surface area contributed by atoms with Crippen LogP contribution in [0.25, 0.3) is 0 Å². The van der Waals surface area contributed by atoms with Crippen molar-refractivity contribution in [2.75, 3.05) is 0 Å². The number of rotatable bonds is 3. The predicted molar refractivity (Wildman–Crippen MR) is 72.7 cm³/mol. The van der Waals surface area contributed by atoms with E-state index in [0.717, 1.165) is 5.56 Å². The van der Waals surface area contributed by atoms with Crippen LogP contribution >= 0.6 is 0 Å². The van der Waals surface area contributed by atoms with E-state index in [9.17, 15) is 4.39 Å². The van der Waals surface area contributed by atoms with Gasteiger partial charge in [-0.05, 0) is 49.2 Å². The lowest BCUT2D eigenvalue weighted by Crippen LogP contribution is -2.16. The van der Waals surface area contributed by atoms with E-state index >= 15 is 0 Å². The van der Waals surface area contributed by atoms with Gasteiger partial charge >= 0.3 is 0 Å². The van der Waals surface area contributed by atoms with Gasteiger partial charge in [-0.1, -0.05) is 5.16 Å². The molecule has 6 heteroatoms. The Bertz CT molecular complexity index is 671. The van der Waals surface area contributed by atoms with Crippen LogP contribution in [0.3, 0.4) is 0 Å². The summed E-state index contributed by atoms with van der Waals surface area (Å²) in [5, 5.41) is 11.8. The van der Waals surface area contributed by atoms with Crippen molar-refractivity contribution < 1.29 is 14.3 Å². The summed E-state index contributed by atoms with van der Waals surface area (Å²) < 4.78 is 18.7. The highest BCUT2D eigenvalue weighted by atomic mass is 19.1. The molecular weight excluding hydrogens is 261 g/mol. The van der Waals surface area contributed by atoms with Gasteiger partial charge in [0.15, 0.2) is 5.84 Å². The summed E-state index contributed by atoms with van der Waals surface area (Å²) in [5.74, 6) is 0.223. The van der Waals surface area contributed by atoms with Gasteiger partial charge in [-0.3, -0.25) is 0 Å². The van der Waals surface area contributed by atoms with E-state index in [0.29, 0.717) is 16.9 Å².